The molecule has 9 heteroatoms. The number of nitrogens with one attached hydrogen (secondary N) is 3. The number of benzene rings is 2. The van der Waals surface area contributed by atoms with E-state index in [0.717, 1.165) is 55.0 Å². The molecule has 5 aromatic rings. The first-order valence-corrected chi connectivity index (χ1v) is 11.3. The summed E-state index contributed by atoms with van der Waals surface area (Å²) in [5, 5.41) is 11.0. The Kier molecular flexibility index (Phi) is 5.12. The second-order valence-electron chi connectivity index (χ2n) is 8.51. The maximum Gasteiger partial charge on any atom is 0.259 e. The number of rotatable bonds is 5. The van der Waals surface area contributed by atoms with Crippen molar-refractivity contribution in [2.24, 2.45) is 0 Å². The molecule has 3 aromatic heterocycles. The number of ether oxygens (including phenoxy) is 1. The molecule has 1 fully saturated rings. The molecule has 0 bridgehead atoms. The van der Waals surface area contributed by atoms with Crippen LogP contribution in [-0.2, 0) is 11.3 Å². The van der Waals surface area contributed by atoms with Gasteiger partial charge in [0.2, 0.25) is 0 Å². The lowest BCUT2D eigenvalue weighted by atomic mass is 10.1. The maximum absolute atomic E-state index is 13.1. The molecule has 1 saturated heterocycles. The van der Waals surface area contributed by atoms with Crippen LogP contribution in [0.25, 0.3) is 33.5 Å². The first-order chi connectivity index (χ1) is 16.6. The summed E-state index contributed by atoms with van der Waals surface area (Å²) in [4.78, 5) is 23.5. The SMILES string of the molecule is Cc1cc2cccc(C(=O)Nc3c[nH]nc3-c3nc4cc(CN5CCOCC5)ccc4[nH]3)c2o1. The van der Waals surface area contributed by atoms with E-state index in [1.165, 1.54) is 5.56 Å². The van der Waals surface area contributed by atoms with Crippen LogP contribution in [0.15, 0.2) is 53.1 Å². The van der Waals surface area contributed by atoms with E-state index in [9.17, 15) is 4.79 Å². The van der Waals surface area contributed by atoms with Gasteiger partial charge in [0.15, 0.2) is 11.5 Å². The summed E-state index contributed by atoms with van der Waals surface area (Å²) in [7, 11) is 0. The Labute approximate surface area is 195 Å². The highest BCUT2D eigenvalue weighted by Crippen LogP contribution is 2.28. The highest BCUT2D eigenvalue weighted by atomic mass is 16.5. The van der Waals surface area contributed by atoms with Crippen molar-refractivity contribution in [2.45, 2.75) is 13.5 Å². The second kappa shape index (κ2) is 8.44. The zero-order valence-electron chi connectivity index (χ0n) is 18.7. The number of carbonyl (C=O) groups excluding carboxylic acids is 1. The Bertz CT molecular complexity index is 1490. The molecular weight excluding hydrogens is 432 g/mol. The van der Waals surface area contributed by atoms with Crippen molar-refractivity contribution in [3.05, 3.63) is 65.5 Å². The molecule has 0 atom stereocenters. The monoisotopic (exact) mass is 456 g/mol. The van der Waals surface area contributed by atoms with E-state index in [1.807, 2.05) is 31.2 Å². The lowest BCUT2D eigenvalue weighted by Crippen LogP contribution is -2.35. The van der Waals surface area contributed by atoms with Crippen molar-refractivity contribution in [1.82, 2.24) is 25.1 Å². The molecule has 6 rings (SSSR count). The molecular formula is C25H24N6O3. The minimum Gasteiger partial charge on any atom is -0.461 e. The summed E-state index contributed by atoms with van der Waals surface area (Å²) >= 11 is 0. The summed E-state index contributed by atoms with van der Waals surface area (Å²) in [6, 6.07) is 13.7. The molecule has 172 valence electrons. The van der Waals surface area contributed by atoms with E-state index in [0.29, 0.717) is 28.4 Å². The number of aromatic nitrogens is 4. The first-order valence-electron chi connectivity index (χ1n) is 11.3. The van der Waals surface area contributed by atoms with E-state index in [4.69, 9.17) is 14.1 Å². The number of aryl methyl sites for hydroxylation is 1. The van der Waals surface area contributed by atoms with Crippen molar-refractivity contribution < 1.29 is 13.9 Å². The average molecular weight is 457 g/mol. The molecule has 1 aliphatic rings. The summed E-state index contributed by atoms with van der Waals surface area (Å²) in [6.07, 6.45) is 1.65. The van der Waals surface area contributed by atoms with Crippen LogP contribution in [0.4, 0.5) is 5.69 Å². The van der Waals surface area contributed by atoms with Gasteiger partial charge >= 0.3 is 0 Å². The normalized spacial score (nSPS) is 14.7. The zero-order chi connectivity index (χ0) is 23.1. The van der Waals surface area contributed by atoms with Gasteiger partial charge in [-0.05, 0) is 36.8 Å². The molecule has 1 amide bonds. The summed E-state index contributed by atoms with van der Waals surface area (Å²) in [6.45, 7) is 6.15. The van der Waals surface area contributed by atoms with Crippen LogP contribution in [0, 0.1) is 6.92 Å². The van der Waals surface area contributed by atoms with Crippen LogP contribution < -0.4 is 5.32 Å². The summed E-state index contributed by atoms with van der Waals surface area (Å²) < 4.78 is 11.2. The number of hydrogen-bond donors (Lipinski definition) is 3. The number of morpholine rings is 1. The average Bonchev–Trinajstić information content (AvgIpc) is 3.56. The standard InChI is InChI=1S/C25H24N6O3/c1-15-11-17-3-2-4-18(23(17)34-15)25(32)29-21-13-26-30-22(21)24-27-19-6-5-16(12-20(19)28-24)14-31-7-9-33-10-8-31/h2-6,11-13H,7-10,14H2,1H3,(H,26,30)(H,27,28)(H,29,32). The molecule has 4 heterocycles. The van der Waals surface area contributed by atoms with Crippen LogP contribution in [-0.4, -0.2) is 57.3 Å². The van der Waals surface area contributed by atoms with Gasteiger partial charge in [0.05, 0.1) is 35.5 Å². The molecule has 34 heavy (non-hydrogen) atoms. The fraction of sp³-hybridized carbons (Fsp3) is 0.240. The first kappa shape index (κ1) is 20.6. The molecule has 3 N–H and O–H groups in total. The Balaban J connectivity index is 1.26. The third-order valence-corrected chi connectivity index (χ3v) is 6.08. The quantitative estimate of drug-likeness (QED) is 0.367. The number of aromatic amines is 2. The van der Waals surface area contributed by atoms with Crippen molar-refractivity contribution in [1.29, 1.82) is 0 Å². The number of hydrogen-bond acceptors (Lipinski definition) is 6. The molecule has 0 unspecified atom stereocenters. The predicted molar refractivity (Wildman–Crippen MR) is 129 cm³/mol. The minimum absolute atomic E-state index is 0.272. The lowest BCUT2D eigenvalue weighted by molar-refractivity contribution is 0.0342. The Morgan fingerprint density at radius 3 is 2.94 bits per heavy atom. The van der Waals surface area contributed by atoms with Gasteiger partial charge in [-0.15, -0.1) is 0 Å². The summed E-state index contributed by atoms with van der Waals surface area (Å²) in [5.41, 5.74) is 5.09. The van der Waals surface area contributed by atoms with E-state index in [2.05, 4.69) is 37.5 Å². The number of H-pyrrole nitrogens is 2. The van der Waals surface area contributed by atoms with Gasteiger partial charge < -0.3 is 19.5 Å². The number of nitrogens with zero attached hydrogens (tertiary/aromatic N) is 3. The van der Waals surface area contributed by atoms with Crippen LogP contribution >= 0.6 is 0 Å². The van der Waals surface area contributed by atoms with E-state index >= 15 is 0 Å². The van der Waals surface area contributed by atoms with Crippen LogP contribution in [0.3, 0.4) is 0 Å². The van der Waals surface area contributed by atoms with E-state index in [-0.39, 0.29) is 5.91 Å². The third kappa shape index (κ3) is 3.85. The van der Waals surface area contributed by atoms with Gasteiger partial charge in [0, 0.05) is 31.2 Å². The number of amides is 1. The van der Waals surface area contributed by atoms with E-state index in [1.54, 1.807) is 12.3 Å². The molecule has 0 saturated carbocycles. The van der Waals surface area contributed by atoms with Gasteiger partial charge in [-0.3, -0.25) is 14.8 Å². The lowest BCUT2D eigenvalue weighted by Gasteiger charge is -2.26. The van der Waals surface area contributed by atoms with Crippen LogP contribution in [0.5, 0.6) is 0 Å². The van der Waals surface area contributed by atoms with Crippen molar-refractivity contribution in [2.75, 3.05) is 31.6 Å². The number of para-hydroxylation sites is 1. The van der Waals surface area contributed by atoms with Gasteiger partial charge in [-0.1, -0.05) is 18.2 Å². The number of carbonyl (C=O) groups is 1. The third-order valence-electron chi connectivity index (χ3n) is 6.08. The van der Waals surface area contributed by atoms with Gasteiger partial charge in [-0.2, -0.15) is 5.10 Å². The molecule has 9 nitrogen and oxygen atoms in total. The van der Waals surface area contributed by atoms with Crippen molar-refractivity contribution in [3.8, 4) is 11.5 Å². The number of furan rings is 1. The summed E-state index contributed by atoms with van der Waals surface area (Å²) in [5.74, 6) is 1.07. The predicted octanol–water partition coefficient (Wildman–Crippen LogP) is 4.09. The van der Waals surface area contributed by atoms with Gasteiger partial charge in [0.1, 0.15) is 11.3 Å². The number of imidazole rings is 1. The highest BCUT2D eigenvalue weighted by Gasteiger charge is 2.19. The van der Waals surface area contributed by atoms with Crippen molar-refractivity contribution in [3.63, 3.8) is 0 Å². The number of anilines is 1. The topological polar surface area (TPSA) is 112 Å². The largest absolute Gasteiger partial charge is 0.461 e. The van der Waals surface area contributed by atoms with Crippen molar-refractivity contribution >= 4 is 33.6 Å². The highest BCUT2D eigenvalue weighted by molar-refractivity contribution is 6.12. The molecule has 0 spiro atoms. The molecule has 0 radical (unpaired) electrons. The fourth-order valence-corrected chi connectivity index (χ4v) is 4.41. The Morgan fingerprint density at radius 2 is 2.06 bits per heavy atom. The molecule has 1 aliphatic heterocycles. The van der Waals surface area contributed by atoms with Crippen LogP contribution in [0.2, 0.25) is 0 Å². The second-order valence-corrected chi connectivity index (χ2v) is 8.51. The minimum atomic E-state index is -0.272. The molecule has 0 aliphatic carbocycles. The van der Waals surface area contributed by atoms with Gasteiger partial charge in [0.25, 0.3) is 5.91 Å². The smallest absolute Gasteiger partial charge is 0.259 e. The van der Waals surface area contributed by atoms with E-state index < -0.39 is 0 Å². The fourth-order valence-electron chi connectivity index (χ4n) is 4.41. The Morgan fingerprint density at radius 1 is 1.18 bits per heavy atom. The molecule has 2 aromatic carbocycles. The number of fused-ring (bicyclic) bond motifs is 2. The van der Waals surface area contributed by atoms with Gasteiger partial charge in [-0.25, -0.2) is 4.98 Å². The Hall–Kier alpha value is -3.95. The van der Waals surface area contributed by atoms with Crippen LogP contribution in [0.1, 0.15) is 21.7 Å². The zero-order valence-corrected chi connectivity index (χ0v) is 18.7. The maximum atomic E-state index is 13.1.